The molecule has 0 bridgehead atoms. The minimum atomic E-state index is -0.349. The number of aromatic nitrogens is 2. The number of aromatic amines is 1. The molecule has 0 saturated carbocycles. The van der Waals surface area contributed by atoms with Crippen molar-refractivity contribution in [1.29, 1.82) is 0 Å². The van der Waals surface area contributed by atoms with Crippen LogP contribution in [0.25, 0.3) is 0 Å². The van der Waals surface area contributed by atoms with Gasteiger partial charge in [-0.1, -0.05) is 30.3 Å². The monoisotopic (exact) mass is 244 g/mol. The fourth-order valence-corrected chi connectivity index (χ4v) is 1.82. The normalized spacial score (nSPS) is 12.4. The van der Waals surface area contributed by atoms with Crippen molar-refractivity contribution in [2.45, 2.75) is 20.0 Å². The Morgan fingerprint density at radius 3 is 2.44 bits per heavy atom. The van der Waals surface area contributed by atoms with E-state index in [-0.39, 0.29) is 11.7 Å². The Hall–Kier alpha value is -1.94. The summed E-state index contributed by atoms with van der Waals surface area (Å²) < 4.78 is 5.44. The molecule has 0 fully saturated rings. The van der Waals surface area contributed by atoms with Gasteiger partial charge >= 0.3 is 0 Å². The van der Waals surface area contributed by atoms with E-state index in [9.17, 15) is 4.79 Å². The van der Waals surface area contributed by atoms with Crippen molar-refractivity contribution in [3.8, 4) is 0 Å². The van der Waals surface area contributed by atoms with Gasteiger partial charge in [-0.3, -0.25) is 4.79 Å². The van der Waals surface area contributed by atoms with Crippen molar-refractivity contribution < 1.29 is 4.74 Å². The van der Waals surface area contributed by atoms with E-state index in [2.05, 4.69) is 9.97 Å². The lowest BCUT2D eigenvalue weighted by Gasteiger charge is -2.15. The van der Waals surface area contributed by atoms with E-state index >= 15 is 0 Å². The molecule has 1 aromatic carbocycles. The van der Waals surface area contributed by atoms with Crippen LogP contribution in [0.3, 0.4) is 0 Å². The number of methoxy groups -OCH3 is 1. The highest BCUT2D eigenvalue weighted by Crippen LogP contribution is 2.21. The molecule has 0 saturated heterocycles. The van der Waals surface area contributed by atoms with E-state index in [1.54, 1.807) is 14.0 Å². The number of aryl methyl sites for hydroxylation is 1. The maximum atomic E-state index is 11.8. The highest BCUT2D eigenvalue weighted by Gasteiger charge is 2.16. The molecule has 0 aliphatic carbocycles. The van der Waals surface area contributed by atoms with Crippen molar-refractivity contribution in [3.63, 3.8) is 0 Å². The third-order valence-electron chi connectivity index (χ3n) is 3.00. The topological polar surface area (TPSA) is 55.0 Å². The molecule has 94 valence electrons. The summed E-state index contributed by atoms with van der Waals surface area (Å²) in [5, 5.41) is 0. The first-order valence-corrected chi connectivity index (χ1v) is 5.78. The summed E-state index contributed by atoms with van der Waals surface area (Å²) in [5.74, 6) is 0.539. The van der Waals surface area contributed by atoms with Crippen molar-refractivity contribution in [2.75, 3.05) is 7.11 Å². The zero-order valence-corrected chi connectivity index (χ0v) is 10.7. The first-order valence-electron chi connectivity index (χ1n) is 5.78. The van der Waals surface area contributed by atoms with Gasteiger partial charge in [-0.15, -0.1) is 0 Å². The van der Waals surface area contributed by atoms with E-state index in [4.69, 9.17) is 4.74 Å². The molecule has 0 spiro atoms. The Balaban J connectivity index is 2.49. The third kappa shape index (κ3) is 2.33. The summed E-state index contributed by atoms with van der Waals surface area (Å²) in [4.78, 5) is 18.9. The molecule has 1 unspecified atom stereocenters. The predicted molar refractivity (Wildman–Crippen MR) is 69.6 cm³/mol. The molecule has 0 aliphatic rings. The number of H-pyrrole nitrogens is 1. The number of hydrogen-bond donors (Lipinski definition) is 1. The summed E-state index contributed by atoms with van der Waals surface area (Å²) in [7, 11) is 1.60. The van der Waals surface area contributed by atoms with Crippen molar-refractivity contribution in [3.05, 3.63) is 63.3 Å². The van der Waals surface area contributed by atoms with Crippen LogP contribution in [-0.2, 0) is 4.74 Å². The number of nitrogens with zero attached hydrogens (tertiary/aromatic N) is 1. The molecule has 1 atom stereocenters. The van der Waals surface area contributed by atoms with E-state index in [0.717, 1.165) is 11.3 Å². The average Bonchev–Trinajstić information content (AvgIpc) is 2.38. The minimum Gasteiger partial charge on any atom is -0.369 e. The van der Waals surface area contributed by atoms with Crippen molar-refractivity contribution in [1.82, 2.24) is 9.97 Å². The molecule has 4 heteroatoms. The Morgan fingerprint density at radius 1 is 1.22 bits per heavy atom. The standard InChI is InChI=1S/C14H16N2O2/c1-9-10(2)15-13(16-14(9)17)12(18-3)11-7-5-4-6-8-11/h4-8,12H,1-3H3,(H,15,16,17). The Kier molecular flexibility index (Phi) is 3.58. The van der Waals surface area contributed by atoms with Gasteiger partial charge in [-0.25, -0.2) is 4.98 Å². The molecule has 0 amide bonds. The molecule has 0 radical (unpaired) electrons. The SMILES string of the molecule is COC(c1ccccc1)c1nc(C)c(C)c(=O)[nH]1. The lowest BCUT2D eigenvalue weighted by molar-refractivity contribution is 0.128. The molecular weight excluding hydrogens is 228 g/mol. The molecule has 2 aromatic rings. The lowest BCUT2D eigenvalue weighted by atomic mass is 10.1. The van der Waals surface area contributed by atoms with Gasteiger partial charge in [0, 0.05) is 18.4 Å². The molecule has 18 heavy (non-hydrogen) atoms. The van der Waals surface area contributed by atoms with Gasteiger partial charge in [-0.05, 0) is 19.4 Å². The minimum absolute atomic E-state index is 0.115. The van der Waals surface area contributed by atoms with Crippen LogP contribution in [-0.4, -0.2) is 17.1 Å². The van der Waals surface area contributed by atoms with Gasteiger partial charge in [0.1, 0.15) is 11.9 Å². The largest absolute Gasteiger partial charge is 0.369 e. The van der Waals surface area contributed by atoms with Crippen molar-refractivity contribution in [2.24, 2.45) is 0 Å². The van der Waals surface area contributed by atoms with Crippen LogP contribution in [0.1, 0.15) is 28.7 Å². The summed E-state index contributed by atoms with van der Waals surface area (Å²) >= 11 is 0. The lowest BCUT2D eigenvalue weighted by Crippen LogP contribution is -2.19. The zero-order chi connectivity index (χ0) is 13.1. The second-order valence-electron chi connectivity index (χ2n) is 4.19. The zero-order valence-electron chi connectivity index (χ0n) is 10.7. The van der Waals surface area contributed by atoms with Gasteiger partial charge in [0.25, 0.3) is 5.56 Å². The fourth-order valence-electron chi connectivity index (χ4n) is 1.82. The Bertz CT molecular complexity index is 590. The second-order valence-corrected chi connectivity index (χ2v) is 4.19. The first kappa shape index (κ1) is 12.5. The number of rotatable bonds is 3. The number of benzene rings is 1. The van der Waals surface area contributed by atoms with Gasteiger partial charge in [0.05, 0.1) is 0 Å². The van der Waals surface area contributed by atoms with E-state index in [1.165, 1.54) is 0 Å². The molecule has 0 aliphatic heterocycles. The quantitative estimate of drug-likeness (QED) is 0.899. The molecule has 1 aromatic heterocycles. The van der Waals surface area contributed by atoms with Crippen LogP contribution in [0.4, 0.5) is 0 Å². The first-order chi connectivity index (χ1) is 8.63. The Labute approximate surface area is 106 Å². The average molecular weight is 244 g/mol. The smallest absolute Gasteiger partial charge is 0.254 e. The summed E-state index contributed by atoms with van der Waals surface area (Å²) in [5.41, 5.74) is 2.22. The fraction of sp³-hybridized carbons (Fsp3) is 0.286. The summed E-state index contributed by atoms with van der Waals surface area (Å²) in [6, 6.07) is 9.69. The number of nitrogens with one attached hydrogen (secondary N) is 1. The van der Waals surface area contributed by atoms with E-state index in [1.807, 2.05) is 37.3 Å². The van der Waals surface area contributed by atoms with Crippen molar-refractivity contribution >= 4 is 0 Å². The predicted octanol–water partition coefficient (Wildman–Crippen LogP) is 2.12. The third-order valence-corrected chi connectivity index (χ3v) is 3.00. The van der Waals surface area contributed by atoms with Crippen LogP contribution in [0.2, 0.25) is 0 Å². The number of hydrogen-bond acceptors (Lipinski definition) is 3. The molecule has 4 nitrogen and oxygen atoms in total. The van der Waals surface area contributed by atoms with Gasteiger partial charge in [0.2, 0.25) is 0 Å². The molecular formula is C14H16N2O2. The van der Waals surface area contributed by atoms with E-state index in [0.29, 0.717) is 11.4 Å². The highest BCUT2D eigenvalue weighted by atomic mass is 16.5. The Morgan fingerprint density at radius 2 is 1.89 bits per heavy atom. The summed E-state index contributed by atoms with van der Waals surface area (Å²) in [6.45, 7) is 3.58. The van der Waals surface area contributed by atoms with Crippen LogP contribution < -0.4 is 5.56 Å². The van der Waals surface area contributed by atoms with Gasteiger partial charge in [0.15, 0.2) is 0 Å². The molecule has 1 heterocycles. The van der Waals surface area contributed by atoms with Crippen LogP contribution in [0.15, 0.2) is 35.1 Å². The van der Waals surface area contributed by atoms with E-state index < -0.39 is 0 Å². The van der Waals surface area contributed by atoms with Crippen LogP contribution in [0.5, 0.6) is 0 Å². The van der Waals surface area contributed by atoms with Crippen LogP contribution >= 0.6 is 0 Å². The number of ether oxygens (including phenoxy) is 1. The molecule has 2 rings (SSSR count). The highest BCUT2D eigenvalue weighted by molar-refractivity contribution is 5.24. The van der Waals surface area contributed by atoms with Crippen LogP contribution in [0, 0.1) is 13.8 Å². The summed E-state index contributed by atoms with van der Waals surface area (Å²) in [6.07, 6.45) is -0.349. The second kappa shape index (κ2) is 5.14. The maximum absolute atomic E-state index is 11.8. The van der Waals surface area contributed by atoms with Gasteiger partial charge in [-0.2, -0.15) is 0 Å². The maximum Gasteiger partial charge on any atom is 0.254 e. The van der Waals surface area contributed by atoms with Gasteiger partial charge < -0.3 is 9.72 Å². The molecule has 1 N–H and O–H groups in total.